The van der Waals surface area contributed by atoms with Gasteiger partial charge in [0.2, 0.25) is 5.91 Å². The highest BCUT2D eigenvalue weighted by Gasteiger charge is 2.33. The fourth-order valence-electron chi connectivity index (χ4n) is 2.08. The second-order valence-corrected chi connectivity index (χ2v) is 4.56. The minimum absolute atomic E-state index is 0.0448. The molecule has 0 saturated carbocycles. The van der Waals surface area contributed by atoms with Gasteiger partial charge in [0.15, 0.2) is 6.04 Å². The molecule has 1 aromatic rings. The van der Waals surface area contributed by atoms with E-state index in [4.69, 9.17) is 9.84 Å². The summed E-state index contributed by atoms with van der Waals surface area (Å²) in [4.78, 5) is 24.3. The number of hydrogen-bond acceptors (Lipinski definition) is 3. The van der Waals surface area contributed by atoms with Gasteiger partial charge < -0.3 is 14.7 Å². The average molecular weight is 263 g/mol. The van der Waals surface area contributed by atoms with Crippen LogP contribution in [-0.2, 0) is 27.3 Å². The second kappa shape index (κ2) is 5.84. The Kier molecular flexibility index (Phi) is 4.16. The van der Waals surface area contributed by atoms with Gasteiger partial charge in [0.25, 0.3) is 0 Å². The lowest BCUT2D eigenvalue weighted by Gasteiger charge is -2.32. The summed E-state index contributed by atoms with van der Waals surface area (Å²) in [5, 5.41) is 9.11. The number of carboxylic acids is 1. The third-order valence-electron chi connectivity index (χ3n) is 3.27. The van der Waals surface area contributed by atoms with Gasteiger partial charge in [-0.15, -0.1) is 0 Å². The number of aliphatic carboxylic acids is 1. The summed E-state index contributed by atoms with van der Waals surface area (Å²) in [6.07, 6.45) is 0.953. The normalized spacial score (nSPS) is 19.5. The van der Waals surface area contributed by atoms with Crippen molar-refractivity contribution in [3.8, 4) is 0 Å². The molecule has 1 fully saturated rings. The summed E-state index contributed by atoms with van der Waals surface area (Å²) >= 11 is 0. The van der Waals surface area contributed by atoms with Gasteiger partial charge >= 0.3 is 5.97 Å². The van der Waals surface area contributed by atoms with Crippen molar-refractivity contribution in [2.24, 2.45) is 0 Å². The number of carbonyl (C=O) groups is 2. The highest BCUT2D eigenvalue weighted by molar-refractivity contribution is 5.85. The molecule has 0 spiro atoms. The molecule has 0 bridgehead atoms. The maximum Gasteiger partial charge on any atom is 0.328 e. The van der Waals surface area contributed by atoms with E-state index in [2.05, 4.69) is 6.92 Å². The molecule has 1 atom stereocenters. The Hall–Kier alpha value is -1.88. The zero-order chi connectivity index (χ0) is 13.8. The van der Waals surface area contributed by atoms with Crippen LogP contribution in [-0.4, -0.2) is 41.1 Å². The number of morpholine rings is 1. The molecule has 0 aromatic heterocycles. The van der Waals surface area contributed by atoms with Crippen LogP contribution in [0.4, 0.5) is 0 Å². The lowest BCUT2D eigenvalue weighted by atomic mass is 10.1. The largest absolute Gasteiger partial charge is 0.480 e. The topological polar surface area (TPSA) is 66.8 Å². The summed E-state index contributed by atoms with van der Waals surface area (Å²) in [5.74, 6) is -1.31. The molecule has 1 unspecified atom stereocenters. The average Bonchev–Trinajstić information content (AvgIpc) is 2.41. The van der Waals surface area contributed by atoms with Gasteiger partial charge in [0.1, 0.15) is 6.61 Å². The van der Waals surface area contributed by atoms with Gasteiger partial charge in [-0.3, -0.25) is 4.79 Å². The summed E-state index contributed by atoms with van der Waals surface area (Å²) < 4.78 is 4.99. The Morgan fingerprint density at radius 3 is 2.58 bits per heavy atom. The van der Waals surface area contributed by atoms with E-state index in [0.29, 0.717) is 6.54 Å². The molecular weight excluding hydrogens is 246 g/mol. The minimum atomic E-state index is -1.03. The lowest BCUT2D eigenvalue weighted by Crippen LogP contribution is -2.52. The first-order chi connectivity index (χ1) is 9.11. The molecule has 102 valence electrons. The van der Waals surface area contributed by atoms with E-state index in [1.807, 2.05) is 24.3 Å². The van der Waals surface area contributed by atoms with Crippen LogP contribution in [0.1, 0.15) is 18.1 Å². The Labute approximate surface area is 111 Å². The van der Waals surface area contributed by atoms with Crippen LogP contribution in [0, 0.1) is 0 Å². The number of carbonyl (C=O) groups excluding carboxylic acids is 1. The number of carboxylic acid groups (broad SMARTS) is 1. The standard InChI is InChI=1S/C14H17NO4/c1-2-10-3-5-11(6-4-10)7-15-12(14(17)18)8-19-9-13(15)16/h3-6,12H,2,7-9H2,1H3,(H,17,18). The van der Waals surface area contributed by atoms with Gasteiger partial charge in [0, 0.05) is 6.54 Å². The Bertz CT molecular complexity index is 469. The van der Waals surface area contributed by atoms with E-state index in [1.54, 1.807) is 0 Å². The summed E-state index contributed by atoms with van der Waals surface area (Å²) in [6, 6.07) is 6.96. The van der Waals surface area contributed by atoms with Crippen LogP contribution in [0.2, 0.25) is 0 Å². The predicted molar refractivity (Wildman–Crippen MR) is 68.6 cm³/mol. The Balaban J connectivity index is 2.13. The number of benzene rings is 1. The van der Waals surface area contributed by atoms with E-state index < -0.39 is 12.0 Å². The molecule has 5 heteroatoms. The van der Waals surface area contributed by atoms with Crippen molar-refractivity contribution in [2.45, 2.75) is 25.9 Å². The molecule has 5 nitrogen and oxygen atoms in total. The number of amides is 1. The third kappa shape index (κ3) is 3.12. The van der Waals surface area contributed by atoms with Gasteiger partial charge in [-0.25, -0.2) is 4.79 Å². The van der Waals surface area contributed by atoms with E-state index in [0.717, 1.165) is 12.0 Å². The fourth-order valence-corrected chi connectivity index (χ4v) is 2.08. The monoisotopic (exact) mass is 263 g/mol. The minimum Gasteiger partial charge on any atom is -0.480 e. The summed E-state index contributed by atoms with van der Waals surface area (Å²) in [5.41, 5.74) is 2.14. The van der Waals surface area contributed by atoms with Gasteiger partial charge in [-0.1, -0.05) is 31.2 Å². The molecule has 1 amide bonds. The third-order valence-corrected chi connectivity index (χ3v) is 3.27. The quantitative estimate of drug-likeness (QED) is 0.882. The van der Waals surface area contributed by atoms with Crippen molar-refractivity contribution < 1.29 is 19.4 Å². The Morgan fingerprint density at radius 1 is 1.37 bits per heavy atom. The molecule has 1 aliphatic rings. The molecule has 1 N–H and O–H groups in total. The van der Waals surface area contributed by atoms with Gasteiger partial charge in [-0.2, -0.15) is 0 Å². The smallest absolute Gasteiger partial charge is 0.328 e. The van der Waals surface area contributed by atoms with Crippen LogP contribution in [0.25, 0.3) is 0 Å². The number of aryl methyl sites for hydroxylation is 1. The molecule has 1 aromatic carbocycles. The Morgan fingerprint density at radius 2 is 2.00 bits per heavy atom. The van der Waals surface area contributed by atoms with E-state index in [9.17, 15) is 9.59 Å². The summed E-state index contributed by atoms with van der Waals surface area (Å²) in [6.45, 7) is 2.38. The van der Waals surface area contributed by atoms with Crippen LogP contribution < -0.4 is 0 Å². The van der Waals surface area contributed by atoms with E-state index >= 15 is 0 Å². The van der Waals surface area contributed by atoms with Crippen LogP contribution in [0.3, 0.4) is 0 Å². The SMILES string of the molecule is CCc1ccc(CN2C(=O)COCC2C(=O)O)cc1. The molecule has 1 saturated heterocycles. The van der Waals surface area contributed by atoms with Crippen molar-refractivity contribution in [1.82, 2.24) is 4.90 Å². The first kappa shape index (κ1) is 13.5. The van der Waals surface area contributed by atoms with Crippen molar-refractivity contribution in [1.29, 1.82) is 0 Å². The lowest BCUT2D eigenvalue weighted by molar-refractivity contribution is -0.163. The zero-order valence-corrected chi connectivity index (χ0v) is 10.8. The van der Waals surface area contributed by atoms with E-state index in [-0.39, 0.29) is 19.1 Å². The fraction of sp³-hybridized carbons (Fsp3) is 0.429. The molecule has 1 heterocycles. The van der Waals surface area contributed by atoms with Crippen molar-refractivity contribution in [2.75, 3.05) is 13.2 Å². The molecule has 0 aliphatic carbocycles. The molecule has 0 radical (unpaired) electrons. The number of ether oxygens (including phenoxy) is 1. The number of rotatable bonds is 4. The maximum absolute atomic E-state index is 11.8. The first-order valence-electron chi connectivity index (χ1n) is 6.29. The van der Waals surface area contributed by atoms with Crippen molar-refractivity contribution >= 4 is 11.9 Å². The number of nitrogens with zero attached hydrogens (tertiary/aromatic N) is 1. The van der Waals surface area contributed by atoms with Crippen molar-refractivity contribution in [3.63, 3.8) is 0 Å². The highest BCUT2D eigenvalue weighted by atomic mass is 16.5. The van der Waals surface area contributed by atoms with Crippen LogP contribution >= 0.6 is 0 Å². The summed E-state index contributed by atoms with van der Waals surface area (Å²) in [7, 11) is 0. The predicted octanol–water partition coefficient (Wildman–Crippen LogP) is 1.06. The zero-order valence-electron chi connectivity index (χ0n) is 10.8. The van der Waals surface area contributed by atoms with Crippen LogP contribution in [0.5, 0.6) is 0 Å². The molecule has 19 heavy (non-hydrogen) atoms. The van der Waals surface area contributed by atoms with E-state index in [1.165, 1.54) is 10.5 Å². The second-order valence-electron chi connectivity index (χ2n) is 4.56. The molecular formula is C14H17NO4. The number of hydrogen-bond donors (Lipinski definition) is 1. The van der Waals surface area contributed by atoms with Gasteiger partial charge in [-0.05, 0) is 17.5 Å². The molecule has 2 rings (SSSR count). The van der Waals surface area contributed by atoms with Crippen LogP contribution in [0.15, 0.2) is 24.3 Å². The van der Waals surface area contributed by atoms with Crippen molar-refractivity contribution in [3.05, 3.63) is 35.4 Å². The van der Waals surface area contributed by atoms with Gasteiger partial charge in [0.05, 0.1) is 6.61 Å². The first-order valence-corrected chi connectivity index (χ1v) is 6.29. The maximum atomic E-state index is 11.8. The highest BCUT2D eigenvalue weighted by Crippen LogP contribution is 2.14. The molecule has 1 aliphatic heterocycles.